The van der Waals surface area contributed by atoms with Gasteiger partial charge in [-0.15, -0.1) is 14.8 Å². The van der Waals surface area contributed by atoms with Crippen LogP contribution in [0, 0.1) is 5.92 Å². The number of anilines is 1. The fourth-order valence-electron chi connectivity index (χ4n) is 4.28. The standard InChI is InChI=1S/C22H25N9O2/c1-29-14-11-23-21(29)20(16-5-3-4-6-17(16)33-2)24-22(32)15-9-12-30(13-10-15)19-8-7-18-25-27-28-31(18)26-19/h3-8,11,14-15,20H,9-10,12-13H2,1-2H3,(H,24,32). The van der Waals surface area contributed by atoms with E-state index in [-0.39, 0.29) is 11.8 Å². The zero-order chi connectivity index (χ0) is 22.8. The molecule has 1 saturated heterocycles. The van der Waals surface area contributed by atoms with Crippen molar-refractivity contribution < 1.29 is 9.53 Å². The van der Waals surface area contributed by atoms with Gasteiger partial charge in [0.05, 0.1) is 7.11 Å². The number of carbonyl (C=O) groups is 1. The Labute approximate surface area is 190 Å². The third-order valence-corrected chi connectivity index (χ3v) is 6.10. The molecule has 0 saturated carbocycles. The van der Waals surface area contributed by atoms with Crippen LogP contribution in [0.2, 0.25) is 0 Å². The minimum absolute atomic E-state index is 0.0115. The SMILES string of the molecule is COc1ccccc1C(NC(=O)C1CCN(c2ccc3nnnn3n2)CC1)c1nccn1C. The first-order chi connectivity index (χ1) is 16.1. The number of imidazole rings is 1. The molecule has 1 fully saturated rings. The van der Waals surface area contributed by atoms with Crippen molar-refractivity contribution >= 4 is 17.4 Å². The van der Waals surface area contributed by atoms with E-state index in [9.17, 15) is 4.79 Å². The highest BCUT2D eigenvalue weighted by Gasteiger charge is 2.30. The number of rotatable bonds is 6. The van der Waals surface area contributed by atoms with Gasteiger partial charge in [-0.05, 0) is 41.5 Å². The number of carbonyl (C=O) groups excluding carboxylic acids is 1. The Balaban J connectivity index is 1.30. The molecule has 0 bridgehead atoms. The molecule has 4 heterocycles. The number of para-hydroxylation sites is 1. The summed E-state index contributed by atoms with van der Waals surface area (Å²) in [5.74, 6) is 2.18. The normalized spacial score (nSPS) is 15.5. The molecule has 11 heteroatoms. The van der Waals surface area contributed by atoms with Crippen molar-refractivity contribution in [3.63, 3.8) is 0 Å². The molecule has 3 aromatic heterocycles. The molecule has 1 aliphatic rings. The average molecular weight is 448 g/mol. The second-order valence-corrected chi connectivity index (χ2v) is 8.06. The van der Waals surface area contributed by atoms with Crippen LogP contribution >= 0.6 is 0 Å². The Morgan fingerprint density at radius 2 is 2.00 bits per heavy atom. The van der Waals surface area contributed by atoms with E-state index in [0.717, 1.165) is 43.1 Å². The van der Waals surface area contributed by atoms with Crippen LogP contribution in [0.1, 0.15) is 30.3 Å². The highest BCUT2D eigenvalue weighted by molar-refractivity contribution is 5.80. The molecule has 1 N–H and O–H groups in total. The molecule has 5 rings (SSSR count). The van der Waals surface area contributed by atoms with Crippen molar-refractivity contribution in [2.24, 2.45) is 13.0 Å². The molecule has 0 spiro atoms. The number of hydrogen-bond donors (Lipinski definition) is 1. The summed E-state index contributed by atoms with van der Waals surface area (Å²) in [5.41, 5.74) is 1.48. The molecule has 1 unspecified atom stereocenters. The van der Waals surface area contributed by atoms with Crippen molar-refractivity contribution in [3.05, 3.63) is 60.2 Å². The minimum Gasteiger partial charge on any atom is -0.496 e. The number of aryl methyl sites for hydroxylation is 1. The van der Waals surface area contributed by atoms with Gasteiger partial charge in [-0.2, -0.15) is 0 Å². The first-order valence-corrected chi connectivity index (χ1v) is 10.8. The number of tetrazole rings is 1. The maximum absolute atomic E-state index is 13.3. The van der Waals surface area contributed by atoms with E-state index < -0.39 is 6.04 Å². The van der Waals surface area contributed by atoms with Gasteiger partial charge >= 0.3 is 0 Å². The van der Waals surface area contributed by atoms with Crippen LogP contribution in [0.4, 0.5) is 5.82 Å². The number of amides is 1. The molecule has 1 amide bonds. The van der Waals surface area contributed by atoms with Gasteiger partial charge in [-0.1, -0.05) is 18.2 Å². The molecule has 1 aliphatic heterocycles. The third-order valence-electron chi connectivity index (χ3n) is 6.10. The summed E-state index contributed by atoms with van der Waals surface area (Å²) in [7, 11) is 3.55. The van der Waals surface area contributed by atoms with Crippen LogP contribution in [0.5, 0.6) is 5.75 Å². The molecule has 4 aromatic rings. The van der Waals surface area contributed by atoms with E-state index >= 15 is 0 Å². The lowest BCUT2D eigenvalue weighted by atomic mass is 9.94. The Bertz CT molecular complexity index is 1260. The maximum Gasteiger partial charge on any atom is 0.224 e. The quantitative estimate of drug-likeness (QED) is 0.471. The second kappa shape index (κ2) is 8.85. The van der Waals surface area contributed by atoms with Crippen molar-refractivity contribution in [1.82, 2.24) is 40.1 Å². The summed E-state index contributed by atoms with van der Waals surface area (Å²) in [6.45, 7) is 1.45. The summed E-state index contributed by atoms with van der Waals surface area (Å²) in [6, 6.07) is 11.0. The number of nitrogens with zero attached hydrogens (tertiary/aromatic N) is 8. The smallest absolute Gasteiger partial charge is 0.224 e. The fraction of sp³-hybridized carbons (Fsp3) is 0.364. The number of ether oxygens (including phenoxy) is 1. The van der Waals surface area contributed by atoms with Gasteiger partial charge in [-0.3, -0.25) is 4.79 Å². The predicted molar refractivity (Wildman–Crippen MR) is 120 cm³/mol. The van der Waals surface area contributed by atoms with Gasteiger partial charge in [0.15, 0.2) is 11.5 Å². The van der Waals surface area contributed by atoms with Gasteiger partial charge in [-0.25, -0.2) is 4.98 Å². The molecule has 1 aromatic carbocycles. The summed E-state index contributed by atoms with van der Waals surface area (Å²) < 4.78 is 8.89. The van der Waals surface area contributed by atoms with E-state index in [2.05, 4.69) is 35.8 Å². The Morgan fingerprint density at radius 3 is 2.76 bits per heavy atom. The van der Waals surface area contributed by atoms with Crippen molar-refractivity contribution in [1.29, 1.82) is 0 Å². The number of piperidine rings is 1. The van der Waals surface area contributed by atoms with E-state index in [1.54, 1.807) is 13.3 Å². The molecule has 170 valence electrons. The van der Waals surface area contributed by atoms with Crippen LogP contribution in [0.15, 0.2) is 48.8 Å². The van der Waals surface area contributed by atoms with Gasteiger partial charge in [0.2, 0.25) is 5.91 Å². The highest BCUT2D eigenvalue weighted by Crippen LogP contribution is 2.30. The molecular formula is C22H25N9O2. The fourth-order valence-corrected chi connectivity index (χ4v) is 4.28. The first-order valence-electron chi connectivity index (χ1n) is 10.8. The van der Waals surface area contributed by atoms with Crippen molar-refractivity contribution in [2.75, 3.05) is 25.1 Å². The number of benzene rings is 1. The van der Waals surface area contributed by atoms with E-state index in [1.165, 1.54) is 4.63 Å². The highest BCUT2D eigenvalue weighted by atomic mass is 16.5. The average Bonchev–Trinajstić information content (AvgIpc) is 3.50. The minimum atomic E-state index is -0.407. The molecule has 33 heavy (non-hydrogen) atoms. The summed E-state index contributed by atoms with van der Waals surface area (Å²) in [5, 5.41) is 19.1. The van der Waals surface area contributed by atoms with Crippen LogP contribution < -0.4 is 15.0 Å². The van der Waals surface area contributed by atoms with E-state index in [4.69, 9.17) is 4.74 Å². The van der Waals surface area contributed by atoms with E-state index in [0.29, 0.717) is 11.4 Å². The third kappa shape index (κ3) is 4.09. The Kier molecular flexibility index (Phi) is 5.59. The number of aromatic nitrogens is 7. The Morgan fingerprint density at radius 1 is 1.18 bits per heavy atom. The molecule has 0 radical (unpaired) electrons. The van der Waals surface area contributed by atoms with Gasteiger partial charge in [0, 0.05) is 44.0 Å². The molecule has 11 nitrogen and oxygen atoms in total. The monoisotopic (exact) mass is 447 g/mol. The number of hydrogen-bond acceptors (Lipinski definition) is 8. The maximum atomic E-state index is 13.3. The largest absolute Gasteiger partial charge is 0.496 e. The predicted octanol–water partition coefficient (Wildman–Crippen LogP) is 1.38. The number of nitrogens with one attached hydrogen (secondary N) is 1. The van der Waals surface area contributed by atoms with Gasteiger partial charge < -0.3 is 19.5 Å². The topological polar surface area (TPSA) is 115 Å². The van der Waals surface area contributed by atoms with Crippen LogP contribution in [-0.4, -0.2) is 60.9 Å². The first kappa shape index (κ1) is 20.9. The number of methoxy groups -OCH3 is 1. The summed E-state index contributed by atoms with van der Waals surface area (Å²) in [6.07, 6.45) is 5.05. The zero-order valence-electron chi connectivity index (χ0n) is 18.5. The van der Waals surface area contributed by atoms with Crippen molar-refractivity contribution in [3.8, 4) is 5.75 Å². The summed E-state index contributed by atoms with van der Waals surface area (Å²) >= 11 is 0. The lowest BCUT2D eigenvalue weighted by Gasteiger charge is -2.32. The summed E-state index contributed by atoms with van der Waals surface area (Å²) in [4.78, 5) is 20.0. The molecule has 0 aliphatic carbocycles. The van der Waals surface area contributed by atoms with Gasteiger partial charge in [0.1, 0.15) is 17.6 Å². The van der Waals surface area contributed by atoms with Crippen LogP contribution in [-0.2, 0) is 11.8 Å². The lowest BCUT2D eigenvalue weighted by molar-refractivity contribution is -0.126. The van der Waals surface area contributed by atoms with Crippen LogP contribution in [0.3, 0.4) is 0 Å². The van der Waals surface area contributed by atoms with E-state index in [1.807, 2.05) is 54.2 Å². The molecule has 1 atom stereocenters. The van der Waals surface area contributed by atoms with Crippen molar-refractivity contribution in [2.45, 2.75) is 18.9 Å². The zero-order valence-corrected chi connectivity index (χ0v) is 18.5. The Hall–Kier alpha value is -4.02. The number of fused-ring (bicyclic) bond motifs is 1. The lowest BCUT2D eigenvalue weighted by Crippen LogP contribution is -2.42. The molecular weight excluding hydrogens is 422 g/mol. The second-order valence-electron chi connectivity index (χ2n) is 8.06. The van der Waals surface area contributed by atoms with Crippen LogP contribution in [0.25, 0.3) is 5.65 Å². The van der Waals surface area contributed by atoms with Gasteiger partial charge in [0.25, 0.3) is 0 Å².